The van der Waals surface area contributed by atoms with Gasteiger partial charge in [0.25, 0.3) is 11.8 Å². The molecule has 1 saturated carbocycles. The number of fused-ring (bicyclic) bond motifs is 4. The largest absolute Gasteiger partial charge is 0.435 e. The summed E-state index contributed by atoms with van der Waals surface area (Å²) in [6.07, 6.45) is -9.80. The molecular weight excluding hydrogens is 1000 g/mol. The number of nitrogens with one attached hydrogen (secondary N) is 2. The van der Waals surface area contributed by atoms with E-state index in [9.17, 15) is 61.5 Å². The first-order valence-electron chi connectivity index (χ1n) is 20.2. The Morgan fingerprint density at radius 1 is 0.957 bits per heavy atom. The number of hydrogen-bond donors (Lipinski definition) is 2. The van der Waals surface area contributed by atoms with Gasteiger partial charge in [-0.05, 0) is 81.5 Å². The number of sulfone groups is 1. The summed E-state index contributed by atoms with van der Waals surface area (Å²) < 4.78 is 197. The lowest BCUT2D eigenvalue weighted by atomic mass is 9.93. The van der Waals surface area contributed by atoms with E-state index in [4.69, 9.17) is 11.6 Å². The van der Waals surface area contributed by atoms with E-state index in [1.165, 1.54) is 27.0 Å². The molecule has 14 nitrogen and oxygen atoms in total. The molecule has 69 heavy (non-hydrogen) atoms. The maximum Gasteiger partial charge on any atom is 0.435 e. The van der Waals surface area contributed by atoms with Crippen LogP contribution in [0.15, 0.2) is 42.5 Å². The number of alkyl halides is 8. The predicted octanol–water partition coefficient (Wildman–Crippen LogP) is 6.80. The molecule has 3 heterocycles. The second kappa shape index (κ2) is 17.6. The first-order valence-corrected chi connectivity index (χ1v) is 24.3. The predicted molar refractivity (Wildman–Crippen MR) is 229 cm³/mol. The summed E-state index contributed by atoms with van der Waals surface area (Å²) in [6, 6.07) is 4.90. The van der Waals surface area contributed by atoms with Crippen LogP contribution in [0.3, 0.4) is 0 Å². The van der Waals surface area contributed by atoms with Gasteiger partial charge in [0.2, 0.25) is 15.9 Å². The molecule has 2 aliphatic carbocycles. The average molecular weight is 1040 g/mol. The molecule has 5 aromatic rings. The third-order valence-electron chi connectivity index (χ3n) is 11.4. The van der Waals surface area contributed by atoms with Crippen molar-refractivity contribution in [3.63, 3.8) is 0 Å². The van der Waals surface area contributed by atoms with Crippen LogP contribution in [0.5, 0.6) is 0 Å². The van der Waals surface area contributed by atoms with E-state index in [0.717, 1.165) is 36.6 Å². The minimum Gasteiger partial charge on any atom is -0.346 e. The van der Waals surface area contributed by atoms with E-state index in [0.29, 0.717) is 17.0 Å². The zero-order valence-electron chi connectivity index (χ0n) is 36.4. The number of amides is 2. The number of aromatic nitrogens is 5. The number of carbonyl (C=O) groups excluding carboxylic acids is 2. The SMILES string of the molecule is CNCC(=O)N(c1nn(CC(F)(F)F)c2c(-c3ccc(C#CC(C)(C)S(C)(=O)=O)nc3[C@H](Cc3cc(F)cc(F)c3)NC(=O)Cn3nc(C(F)(F)F)c4c3C(F)(F)[C@@H]3C[C@H]43)ccc(Cl)c12)S(C)(=O)=O. The highest BCUT2D eigenvalue weighted by Gasteiger charge is 2.68. The molecule has 2 amide bonds. The molecule has 2 aromatic carbocycles. The van der Waals surface area contributed by atoms with Crippen molar-refractivity contribution in [3.8, 4) is 23.0 Å². The summed E-state index contributed by atoms with van der Waals surface area (Å²) in [4.78, 5) is 31.9. The van der Waals surface area contributed by atoms with Crippen LogP contribution in [-0.2, 0) is 61.1 Å². The molecule has 1 fully saturated rings. The minimum atomic E-state index is -5.21. The number of halogens is 11. The smallest absolute Gasteiger partial charge is 0.346 e. The van der Waals surface area contributed by atoms with Crippen molar-refractivity contribution in [2.45, 2.75) is 74.8 Å². The van der Waals surface area contributed by atoms with Gasteiger partial charge in [-0.2, -0.15) is 49.6 Å². The lowest BCUT2D eigenvalue weighted by Gasteiger charge is -2.23. The van der Waals surface area contributed by atoms with Crippen molar-refractivity contribution >= 4 is 60.0 Å². The molecule has 2 aliphatic rings. The highest BCUT2D eigenvalue weighted by atomic mass is 35.5. The summed E-state index contributed by atoms with van der Waals surface area (Å²) in [5.41, 5.74) is -5.70. The van der Waals surface area contributed by atoms with E-state index in [2.05, 4.69) is 37.7 Å². The van der Waals surface area contributed by atoms with Crippen LogP contribution in [0.4, 0.5) is 49.7 Å². The van der Waals surface area contributed by atoms with Crippen molar-refractivity contribution in [1.82, 2.24) is 35.2 Å². The summed E-state index contributed by atoms with van der Waals surface area (Å²) in [5, 5.41) is 11.2. The van der Waals surface area contributed by atoms with Gasteiger partial charge in [0.1, 0.15) is 40.9 Å². The lowest BCUT2D eigenvalue weighted by molar-refractivity contribution is -0.143. The normalized spacial score (nSPS) is 17.2. The molecule has 0 bridgehead atoms. The van der Waals surface area contributed by atoms with Gasteiger partial charge in [0, 0.05) is 34.9 Å². The van der Waals surface area contributed by atoms with E-state index < -0.39 is 155 Å². The van der Waals surface area contributed by atoms with Crippen LogP contribution < -0.4 is 14.9 Å². The molecule has 0 radical (unpaired) electrons. The highest BCUT2D eigenvalue weighted by Crippen LogP contribution is 2.68. The fourth-order valence-corrected chi connectivity index (χ4v) is 9.43. The van der Waals surface area contributed by atoms with Crippen LogP contribution in [0.2, 0.25) is 5.02 Å². The third-order valence-corrected chi connectivity index (χ3v) is 14.7. The molecule has 3 aromatic heterocycles. The number of pyridine rings is 1. The number of hydrogen-bond acceptors (Lipinski definition) is 10. The first-order chi connectivity index (χ1) is 31.7. The van der Waals surface area contributed by atoms with Crippen molar-refractivity contribution in [2.75, 3.05) is 30.4 Å². The Labute approximate surface area is 391 Å². The fraction of sp³-hybridized carbons (Fsp3) is 0.405. The molecule has 7 rings (SSSR count). The average Bonchev–Trinajstić information content (AvgIpc) is 3.71. The van der Waals surface area contributed by atoms with E-state index in [1.807, 2.05) is 0 Å². The standard InChI is InChI=1S/C42H37ClF10N8O6S2/c1-39(2,68(4,64)65)11-10-23-6-7-24(25-8-9-28(43)33-35(25)60(19-40(46,47)48)58-38(33)61(69(5,66)67)31(63)17-54-3)34(55-23)29(14-20-12-21(44)15-22(45)13-20)56-30(62)18-59-37-32(36(57-59)42(51,52)53)26-16-27(26)41(37,49)50/h6-9,12-13,15,26-27,29,54H,14,16-19H2,1-5H3,(H,56,62)/t26-,27+,29-/m0/s1. The highest BCUT2D eigenvalue weighted by molar-refractivity contribution is 7.93. The Balaban J connectivity index is 1.49. The minimum absolute atomic E-state index is 0.125. The number of nitrogens with zero attached hydrogens (tertiary/aromatic N) is 6. The molecule has 3 atom stereocenters. The van der Waals surface area contributed by atoms with Gasteiger partial charge in [-0.3, -0.25) is 19.0 Å². The van der Waals surface area contributed by atoms with Gasteiger partial charge in [-0.1, -0.05) is 23.6 Å². The fourth-order valence-electron chi connectivity index (χ4n) is 8.08. The Hall–Kier alpha value is -5.78. The Kier molecular flexibility index (Phi) is 13.0. The van der Waals surface area contributed by atoms with Crippen LogP contribution in [0.25, 0.3) is 22.0 Å². The zero-order valence-corrected chi connectivity index (χ0v) is 38.8. The van der Waals surface area contributed by atoms with E-state index >= 15 is 8.78 Å². The van der Waals surface area contributed by atoms with Crippen molar-refractivity contribution in [3.05, 3.63) is 93.0 Å². The quantitative estimate of drug-likeness (QED) is 0.0942. The summed E-state index contributed by atoms with van der Waals surface area (Å²) in [7, 11) is -7.29. The second-order valence-corrected chi connectivity index (χ2v) is 21.8. The maximum absolute atomic E-state index is 15.5. The van der Waals surface area contributed by atoms with Gasteiger partial charge in [0.15, 0.2) is 21.3 Å². The van der Waals surface area contributed by atoms with Gasteiger partial charge < -0.3 is 10.6 Å². The Morgan fingerprint density at radius 2 is 1.59 bits per heavy atom. The van der Waals surface area contributed by atoms with Crippen molar-refractivity contribution in [1.29, 1.82) is 0 Å². The molecular formula is C42H37ClF10N8O6S2. The number of rotatable bonds is 13. The van der Waals surface area contributed by atoms with Gasteiger partial charge in [-0.15, -0.1) is 0 Å². The Bertz CT molecular complexity index is 3220. The second-order valence-electron chi connectivity index (χ2n) is 17.0. The summed E-state index contributed by atoms with van der Waals surface area (Å²) >= 11 is 6.59. The number of benzene rings is 2. The van der Waals surface area contributed by atoms with Crippen molar-refractivity contribution in [2.24, 2.45) is 5.92 Å². The number of sulfonamides is 1. The Morgan fingerprint density at radius 3 is 2.17 bits per heavy atom. The van der Waals surface area contributed by atoms with Gasteiger partial charge >= 0.3 is 12.4 Å². The monoisotopic (exact) mass is 1040 g/mol. The van der Waals surface area contributed by atoms with Gasteiger partial charge in [-0.25, -0.2) is 30.6 Å². The molecule has 0 aliphatic heterocycles. The van der Waals surface area contributed by atoms with Crippen LogP contribution in [0, 0.1) is 29.4 Å². The molecule has 27 heteroatoms. The summed E-state index contributed by atoms with van der Waals surface area (Å²) in [6.45, 7) is -1.40. The molecule has 370 valence electrons. The maximum atomic E-state index is 15.5. The number of anilines is 1. The van der Waals surface area contributed by atoms with E-state index in [-0.39, 0.29) is 37.8 Å². The first kappa shape index (κ1) is 51.1. The molecule has 0 unspecified atom stereocenters. The van der Waals surface area contributed by atoms with Gasteiger partial charge in [0.05, 0.1) is 40.5 Å². The van der Waals surface area contributed by atoms with Crippen LogP contribution >= 0.6 is 11.6 Å². The van der Waals surface area contributed by atoms with Crippen molar-refractivity contribution < 1.29 is 70.3 Å². The van der Waals surface area contributed by atoms with Crippen LogP contribution in [-0.4, -0.2) is 90.2 Å². The topological polar surface area (TPSA) is 178 Å². The van der Waals surface area contributed by atoms with E-state index in [1.54, 1.807) is 0 Å². The van der Waals surface area contributed by atoms with Crippen LogP contribution in [0.1, 0.15) is 66.1 Å². The zero-order chi connectivity index (χ0) is 51.1. The molecule has 0 spiro atoms. The lowest BCUT2D eigenvalue weighted by Crippen LogP contribution is -2.41. The number of carbonyl (C=O) groups is 2. The molecule has 0 saturated heterocycles. The molecule has 2 N–H and O–H groups in total. The summed E-state index contributed by atoms with van der Waals surface area (Å²) in [5.74, 6) is -7.06. The number of likely N-dealkylation sites (N-methyl/N-ethyl adjacent to an activating group) is 1. The third kappa shape index (κ3) is 10.1.